The first-order valence-electron chi connectivity index (χ1n) is 1.70. The fraction of sp³-hybridized carbons (Fsp3) is 0.250. The van der Waals surface area contributed by atoms with Gasteiger partial charge in [0.15, 0.2) is 6.39 Å². The minimum Gasteiger partial charge on any atom is -0.452 e. The van der Waals surface area contributed by atoms with Gasteiger partial charge in [0.2, 0.25) is 0 Å². The van der Waals surface area contributed by atoms with Crippen molar-refractivity contribution in [1.82, 2.24) is 4.98 Å². The minimum atomic E-state index is 1.38. The van der Waals surface area contributed by atoms with Gasteiger partial charge in [-0.25, -0.2) is 4.98 Å². The van der Waals surface area contributed by atoms with Crippen molar-refractivity contribution in [3.63, 3.8) is 0 Å². The van der Waals surface area contributed by atoms with E-state index in [1.807, 2.05) is 4.93 Å². The standard InChI is InChI=1S/C3H3NO.CH3I/c1-2-5-3-4-1;1-2/h1-3H;1H3. The van der Waals surface area contributed by atoms with Crippen molar-refractivity contribution in [2.75, 3.05) is 4.93 Å². The lowest BCUT2D eigenvalue weighted by molar-refractivity contribution is 0.558. The van der Waals surface area contributed by atoms with Crippen LogP contribution in [0.1, 0.15) is 0 Å². The van der Waals surface area contributed by atoms with Crippen molar-refractivity contribution in [2.24, 2.45) is 0 Å². The lowest BCUT2D eigenvalue weighted by Gasteiger charge is -1.47. The van der Waals surface area contributed by atoms with Crippen molar-refractivity contribution < 1.29 is 4.42 Å². The third kappa shape index (κ3) is 3.78. The lowest BCUT2D eigenvalue weighted by atomic mass is 11.0. The molecule has 0 spiro atoms. The number of oxazole rings is 1. The molecule has 0 aliphatic carbocycles. The van der Waals surface area contributed by atoms with Crippen LogP contribution in [-0.2, 0) is 0 Å². The van der Waals surface area contributed by atoms with Gasteiger partial charge < -0.3 is 4.42 Å². The summed E-state index contributed by atoms with van der Waals surface area (Å²) in [6, 6.07) is 0. The van der Waals surface area contributed by atoms with Gasteiger partial charge in [0.25, 0.3) is 0 Å². The molecule has 0 atom stereocenters. The molecule has 3 heteroatoms. The number of aromatic nitrogens is 1. The summed E-state index contributed by atoms with van der Waals surface area (Å²) < 4.78 is 4.47. The molecular weight excluding hydrogens is 205 g/mol. The summed E-state index contributed by atoms with van der Waals surface area (Å²) >= 11 is 2.15. The molecule has 1 aromatic heterocycles. The van der Waals surface area contributed by atoms with E-state index in [0.29, 0.717) is 0 Å². The maximum absolute atomic E-state index is 4.47. The van der Waals surface area contributed by atoms with E-state index in [1.54, 1.807) is 6.20 Å². The Morgan fingerprint density at radius 2 is 2.29 bits per heavy atom. The lowest BCUT2D eigenvalue weighted by Crippen LogP contribution is -1.38. The molecule has 0 aromatic carbocycles. The summed E-state index contributed by atoms with van der Waals surface area (Å²) in [6.45, 7) is 0. The molecule has 0 fully saturated rings. The van der Waals surface area contributed by atoms with Crippen LogP contribution in [0.15, 0.2) is 23.3 Å². The number of alkyl halides is 1. The SMILES string of the molecule is CI.c1cocn1. The van der Waals surface area contributed by atoms with E-state index in [1.165, 1.54) is 12.7 Å². The predicted molar refractivity (Wildman–Crippen MR) is 36.4 cm³/mol. The van der Waals surface area contributed by atoms with Gasteiger partial charge in [-0.2, -0.15) is 0 Å². The Bertz CT molecular complexity index is 68.2. The second-order valence-corrected chi connectivity index (χ2v) is 0.676. The molecule has 1 heterocycles. The average molecular weight is 211 g/mol. The highest BCUT2D eigenvalue weighted by Crippen LogP contribution is 1.72. The minimum absolute atomic E-state index is 1.38. The van der Waals surface area contributed by atoms with E-state index < -0.39 is 0 Å². The first-order valence-corrected chi connectivity index (χ1v) is 3.86. The quantitative estimate of drug-likeness (QED) is 0.482. The van der Waals surface area contributed by atoms with Gasteiger partial charge in [-0.3, -0.25) is 0 Å². The van der Waals surface area contributed by atoms with E-state index >= 15 is 0 Å². The highest BCUT2D eigenvalue weighted by Gasteiger charge is 1.59. The maximum atomic E-state index is 4.47. The molecule has 2 nitrogen and oxygen atoms in total. The van der Waals surface area contributed by atoms with Crippen LogP contribution in [0.4, 0.5) is 0 Å². The Labute approximate surface area is 56.1 Å². The number of rotatable bonds is 0. The fourth-order valence-corrected chi connectivity index (χ4v) is 0.176. The summed E-state index contributed by atoms with van der Waals surface area (Å²) in [6.07, 6.45) is 4.47. The largest absolute Gasteiger partial charge is 0.452 e. The van der Waals surface area contributed by atoms with E-state index in [4.69, 9.17) is 0 Å². The first kappa shape index (κ1) is 6.94. The van der Waals surface area contributed by atoms with Crippen LogP contribution < -0.4 is 0 Å². The van der Waals surface area contributed by atoms with Gasteiger partial charge in [0.1, 0.15) is 6.26 Å². The molecule has 0 unspecified atom stereocenters. The molecule has 0 N–H and O–H groups in total. The summed E-state index contributed by atoms with van der Waals surface area (Å²) in [5.74, 6) is 0. The van der Waals surface area contributed by atoms with Gasteiger partial charge in [-0.1, -0.05) is 22.6 Å². The molecule has 0 aliphatic heterocycles. The zero-order chi connectivity index (χ0) is 5.54. The van der Waals surface area contributed by atoms with Crippen LogP contribution >= 0.6 is 22.6 Å². The Kier molecular flexibility index (Phi) is 5.89. The molecule has 1 rings (SSSR count). The Morgan fingerprint density at radius 1 is 1.57 bits per heavy atom. The van der Waals surface area contributed by atoms with Crippen LogP contribution in [-0.4, -0.2) is 9.91 Å². The molecule has 0 saturated carbocycles. The second kappa shape index (κ2) is 5.94. The van der Waals surface area contributed by atoms with Crippen molar-refractivity contribution in [1.29, 1.82) is 0 Å². The summed E-state index contributed by atoms with van der Waals surface area (Å²) in [4.78, 5) is 5.53. The Hall–Kier alpha value is -0.0600. The molecule has 0 aliphatic rings. The summed E-state index contributed by atoms with van der Waals surface area (Å²) in [5.41, 5.74) is 0. The zero-order valence-corrected chi connectivity index (χ0v) is 6.12. The average Bonchev–Trinajstić information content (AvgIpc) is 2.23. The number of halogens is 1. The van der Waals surface area contributed by atoms with Gasteiger partial charge in [-0.05, 0) is 4.93 Å². The van der Waals surface area contributed by atoms with E-state index in [-0.39, 0.29) is 0 Å². The van der Waals surface area contributed by atoms with E-state index in [2.05, 4.69) is 32.0 Å². The van der Waals surface area contributed by atoms with Gasteiger partial charge in [0, 0.05) is 0 Å². The molecule has 0 radical (unpaired) electrons. The normalized spacial score (nSPS) is 6.57. The van der Waals surface area contributed by atoms with Crippen molar-refractivity contribution in [2.45, 2.75) is 0 Å². The third-order valence-corrected chi connectivity index (χ3v) is 0.347. The van der Waals surface area contributed by atoms with Crippen LogP contribution in [0.3, 0.4) is 0 Å². The molecule has 0 amide bonds. The third-order valence-electron chi connectivity index (χ3n) is 0.347. The highest BCUT2D eigenvalue weighted by molar-refractivity contribution is 14.1. The van der Waals surface area contributed by atoms with Crippen molar-refractivity contribution in [3.05, 3.63) is 18.9 Å². The van der Waals surface area contributed by atoms with Crippen LogP contribution in [0.5, 0.6) is 0 Å². The fourth-order valence-electron chi connectivity index (χ4n) is 0.176. The van der Waals surface area contributed by atoms with E-state index in [9.17, 15) is 0 Å². The Balaban J connectivity index is 0.000000162. The highest BCUT2D eigenvalue weighted by atomic mass is 127. The van der Waals surface area contributed by atoms with Crippen LogP contribution in [0.25, 0.3) is 0 Å². The smallest absolute Gasteiger partial charge is 0.180 e. The first-order chi connectivity index (χ1) is 3.50. The zero-order valence-electron chi connectivity index (χ0n) is 3.97. The number of nitrogens with zero attached hydrogens (tertiary/aromatic N) is 1. The van der Waals surface area contributed by atoms with Crippen LogP contribution in [0, 0.1) is 0 Å². The van der Waals surface area contributed by atoms with Gasteiger partial charge in [0.05, 0.1) is 6.20 Å². The molecule has 40 valence electrons. The summed E-state index contributed by atoms with van der Waals surface area (Å²) in [5, 5.41) is 0. The van der Waals surface area contributed by atoms with Gasteiger partial charge >= 0.3 is 0 Å². The van der Waals surface area contributed by atoms with Crippen LogP contribution in [0.2, 0.25) is 0 Å². The number of hydrogen-bond donors (Lipinski definition) is 0. The summed E-state index contributed by atoms with van der Waals surface area (Å²) in [7, 11) is 0. The van der Waals surface area contributed by atoms with Crippen molar-refractivity contribution in [3.8, 4) is 0 Å². The number of hydrogen-bond acceptors (Lipinski definition) is 2. The topological polar surface area (TPSA) is 26.0 Å². The maximum Gasteiger partial charge on any atom is 0.180 e. The van der Waals surface area contributed by atoms with Crippen molar-refractivity contribution >= 4 is 22.6 Å². The van der Waals surface area contributed by atoms with E-state index in [0.717, 1.165) is 0 Å². The second-order valence-electron chi connectivity index (χ2n) is 0.676. The Morgan fingerprint density at radius 3 is 2.43 bits per heavy atom. The predicted octanol–water partition coefficient (Wildman–Crippen LogP) is 1.73. The molecule has 0 bridgehead atoms. The molecular formula is C4H6INO. The molecule has 1 aromatic rings. The molecule has 7 heavy (non-hydrogen) atoms. The van der Waals surface area contributed by atoms with Gasteiger partial charge in [-0.15, -0.1) is 0 Å². The molecule has 0 saturated heterocycles. The monoisotopic (exact) mass is 211 g/mol.